The van der Waals surface area contributed by atoms with E-state index in [-0.39, 0.29) is 5.60 Å². The zero-order valence-corrected chi connectivity index (χ0v) is 10.8. The van der Waals surface area contributed by atoms with Crippen molar-refractivity contribution in [2.24, 2.45) is 0 Å². The molecule has 0 bridgehead atoms. The van der Waals surface area contributed by atoms with Crippen LogP contribution in [0.3, 0.4) is 0 Å². The van der Waals surface area contributed by atoms with Crippen LogP contribution in [-0.4, -0.2) is 19.3 Å². The molecule has 1 aromatic carbocycles. The summed E-state index contributed by atoms with van der Waals surface area (Å²) in [6.07, 6.45) is 1.02. The molecule has 1 N–H and O–H groups in total. The van der Waals surface area contributed by atoms with Crippen molar-refractivity contribution in [1.82, 2.24) is 5.32 Å². The van der Waals surface area contributed by atoms with Gasteiger partial charge in [-0.3, -0.25) is 0 Å². The highest BCUT2D eigenvalue weighted by atomic mass is 16.5. The third-order valence-corrected chi connectivity index (χ3v) is 2.91. The van der Waals surface area contributed by atoms with Crippen LogP contribution in [0.4, 0.5) is 0 Å². The molecule has 0 aliphatic heterocycles. The molecule has 16 heavy (non-hydrogen) atoms. The van der Waals surface area contributed by atoms with Gasteiger partial charge >= 0.3 is 0 Å². The number of ether oxygens (including phenoxy) is 1. The van der Waals surface area contributed by atoms with E-state index in [1.165, 1.54) is 11.1 Å². The van der Waals surface area contributed by atoms with E-state index in [0.29, 0.717) is 0 Å². The van der Waals surface area contributed by atoms with Crippen LogP contribution in [0.5, 0.6) is 0 Å². The number of nitrogens with one attached hydrogen (secondary N) is 1. The van der Waals surface area contributed by atoms with E-state index in [9.17, 15) is 0 Å². The second kappa shape index (κ2) is 6.02. The lowest BCUT2D eigenvalue weighted by Crippen LogP contribution is -2.28. The third kappa shape index (κ3) is 4.77. The average molecular weight is 221 g/mol. The normalized spacial score (nSPS) is 11.8. The Balaban J connectivity index is 2.23. The van der Waals surface area contributed by atoms with Crippen molar-refractivity contribution in [3.63, 3.8) is 0 Å². The van der Waals surface area contributed by atoms with Gasteiger partial charge in [0.1, 0.15) is 0 Å². The van der Waals surface area contributed by atoms with Crippen LogP contribution >= 0.6 is 0 Å². The number of benzene rings is 1. The van der Waals surface area contributed by atoms with Crippen molar-refractivity contribution < 1.29 is 4.74 Å². The first kappa shape index (κ1) is 13.2. The fourth-order valence-corrected chi connectivity index (χ4v) is 1.43. The summed E-state index contributed by atoms with van der Waals surface area (Å²) < 4.78 is 5.37. The first-order valence-electron chi connectivity index (χ1n) is 5.85. The standard InChI is InChI=1S/C14H23NO/c1-12-5-7-13(8-6-12)11-15-10-9-14(2,3)16-4/h5-8,15H,9-11H2,1-4H3. The predicted octanol–water partition coefficient (Wildman–Crippen LogP) is 2.90. The maximum Gasteiger partial charge on any atom is 0.0634 e. The fourth-order valence-electron chi connectivity index (χ4n) is 1.43. The lowest BCUT2D eigenvalue weighted by molar-refractivity contribution is 0.0158. The Labute approximate surface area is 99.0 Å². The highest BCUT2D eigenvalue weighted by Gasteiger charge is 2.14. The molecule has 0 saturated carbocycles. The highest BCUT2D eigenvalue weighted by Crippen LogP contribution is 2.11. The molecule has 0 atom stereocenters. The molecule has 2 nitrogen and oxygen atoms in total. The van der Waals surface area contributed by atoms with Gasteiger partial charge in [-0.15, -0.1) is 0 Å². The number of rotatable bonds is 6. The Hall–Kier alpha value is -0.860. The van der Waals surface area contributed by atoms with E-state index in [0.717, 1.165) is 19.5 Å². The summed E-state index contributed by atoms with van der Waals surface area (Å²) >= 11 is 0. The monoisotopic (exact) mass is 221 g/mol. The summed E-state index contributed by atoms with van der Waals surface area (Å²) in [6, 6.07) is 8.64. The van der Waals surface area contributed by atoms with Crippen LogP contribution in [0.15, 0.2) is 24.3 Å². The zero-order valence-electron chi connectivity index (χ0n) is 10.8. The summed E-state index contributed by atoms with van der Waals surface area (Å²) in [5, 5.41) is 3.43. The average Bonchev–Trinajstić information content (AvgIpc) is 2.27. The Bertz CT molecular complexity index is 303. The van der Waals surface area contributed by atoms with Crippen molar-refractivity contribution in [2.45, 2.75) is 39.3 Å². The van der Waals surface area contributed by atoms with Crippen LogP contribution in [0.25, 0.3) is 0 Å². The van der Waals surface area contributed by atoms with Gasteiger partial charge < -0.3 is 10.1 Å². The highest BCUT2D eigenvalue weighted by molar-refractivity contribution is 5.20. The number of hydrogen-bond donors (Lipinski definition) is 1. The van der Waals surface area contributed by atoms with Crippen LogP contribution < -0.4 is 5.32 Å². The molecule has 0 fully saturated rings. The summed E-state index contributed by atoms with van der Waals surface area (Å²) in [6.45, 7) is 8.24. The van der Waals surface area contributed by atoms with E-state index in [4.69, 9.17) is 4.74 Å². The van der Waals surface area contributed by atoms with Crippen molar-refractivity contribution in [1.29, 1.82) is 0 Å². The van der Waals surface area contributed by atoms with E-state index in [1.54, 1.807) is 7.11 Å². The Morgan fingerprint density at radius 2 is 1.81 bits per heavy atom. The van der Waals surface area contributed by atoms with Crippen molar-refractivity contribution in [2.75, 3.05) is 13.7 Å². The Kier molecular flexibility index (Phi) is 4.97. The maximum absolute atomic E-state index is 5.37. The van der Waals surface area contributed by atoms with Crippen molar-refractivity contribution >= 4 is 0 Å². The van der Waals surface area contributed by atoms with Gasteiger partial charge in [0.2, 0.25) is 0 Å². The quantitative estimate of drug-likeness (QED) is 0.746. The van der Waals surface area contributed by atoms with Gasteiger partial charge in [-0.1, -0.05) is 29.8 Å². The third-order valence-electron chi connectivity index (χ3n) is 2.91. The molecule has 0 aliphatic carbocycles. The van der Waals surface area contributed by atoms with Crippen molar-refractivity contribution in [3.05, 3.63) is 35.4 Å². The molecule has 1 aromatic rings. The topological polar surface area (TPSA) is 21.3 Å². The second-order valence-electron chi connectivity index (χ2n) is 4.88. The summed E-state index contributed by atoms with van der Waals surface area (Å²) in [5.74, 6) is 0. The molecule has 0 unspecified atom stereocenters. The molecular weight excluding hydrogens is 198 g/mol. The smallest absolute Gasteiger partial charge is 0.0634 e. The van der Waals surface area contributed by atoms with E-state index < -0.39 is 0 Å². The molecule has 1 rings (SSSR count). The summed E-state index contributed by atoms with van der Waals surface area (Å²) in [7, 11) is 1.76. The Morgan fingerprint density at radius 1 is 1.19 bits per heavy atom. The molecular formula is C14H23NO. The van der Waals surface area contributed by atoms with Gasteiger partial charge in [0, 0.05) is 13.7 Å². The van der Waals surface area contributed by atoms with E-state index in [2.05, 4.69) is 50.4 Å². The molecule has 90 valence electrons. The fraction of sp³-hybridized carbons (Fsp3) is 0.571. The number of methoxy groups -OCH3 is 1. The minimum atomic E-state index is -0.0275. The minimum absolute atomic E-state index is 0.0275. The first-order valence-corrected chi connectivity index (χ1v) is 5.85. The van der Waals surface area contributed by atoms with Gasteiger partial charge in [-0.25, -0.2) is 0 Å². The molecule has 2 heteroatoms. The lowest BCUT2D eigenvalue weighted by Gasteiger charge is -2.22. The SMILES string of the molecule is COC(C)(C)CCNCc1ccc(C)cc1. The lowest BCUT2D eigenvalue weighted by atomic mass is 10.1. The van der Waals surface area contributed by atoms with Gasteiger partial charge in [0.05, 0.1) is 5.60 Å². The van der Waals surface area contributed by atoms with Crippen LogP contribution in [0, 0.1) is 6.92 Å². The Morgan fingerprint density at radius 3 is 2.38 bits per heavy atom. The van der Waals surface area contributed by atoms with Crippen molar-refractivity contribution in [3.8, 4) is 0 Å². The summed E-state index contributed by atoms with van der Waals surface area (Å²) in [5.41, 5.74) is 2.62. The van der Waals surface area contributed by atoms with Gasteiger partial charge in [-0.2, -0.15) is 0 Å². The molecule has 0 spiro atoms. The molecule has 0 aliphatic rings. The van der Waals surface area contributed by atoms with Crippen LogP contribution in [0.2, 0.25) is 0 Å². The molecule has 0 radical (unpaired) electrons. The molecule has 0 aromatic heterocycles. The second-order valence-corrected chi connectivity index (χ2v) is 4.88. The molecule has 0 amide bonds. The zero-order chi connectivity index (χ0) is 12.0. The number of hydrogen-bond acceptors (Lipinski definition) is 2. The number of aryl methyl sites for hydroxylation is 1. The van der Waals surface area contributed by atoms with E-state index in [1.807, 2.05) is 0 Å². The molecule has 0 heterocycles. The minimum Gasteiger partial charge on any atom is -0.379 e. The largest absolute Gasteiger partial charge is 0.379 e. The first-order chi connectivity index (χ1) is 7.53. The predicted molar refractivity (Wildman–Crippen MR) is 68.6 cm³/mol. The van der Waals surface area contributed by atoms with Crippen LogP contribution in [0.1, 0.15) is 31.4 Å². The van der Waals surface area contributed by atoms with E-state index >= 15 is 0 Å². The van der Waals surface area contributed by atoms with Gasteiger partial charge in [0.25, 0.3) is 0 Å². The van der Waals surface area contributed by atoms with Gasteiger partial charge in [0.15, 0.2) is 0 Å². The molecule has 0 saturated heterocycles. The van der Waals surface area contributed by atoms with Crippen LogP contribution in [-0.2, 0) is 11.3 Å². The summed E-state index contributed by atoms with van der Waals surface area (Å²) in [4.78, 5) is 0. The van der Waals surface area contributed by atoms with Gasteiger partial charge in [-0.05, 0) is 39.3 Å². The maximum atomic E-state index is 5.37.